The van der Waals surface area contributed by atoms with Crippen LogP contribution >= 0.6 is 0 Å². The molecule has 2 heterocycles. The summed E-state index contributed by atoms with van der Waals surface area (Å²) >= 11 is 0. The summed E-state index contributed by atoms with van der Waals surface area (Å²) in [5.74, 6) is -0.356. The number of aliphatic hydroxyl groups excluding tert-OH is 2. The highest BCUT2D eigenvalue weighted by Crippen LogP contribution is 2.62. The van der Waals surface area contributed by atoms with Gasteiger partial charge in [-0.25, -0.2) is 4.79 Å². The molecule has 2 aliphatic carbocycles. The van der Waals surface area contributed by atoms with E-state index in [1.807, 2.05) is 78.8 Å². The molecular weight excluding hydrogens is 735 g/mol. The van der Waals surface area contributed by atoms with E-state index >= 15 is 0 Å². The normalized spacial score (nSPS) is 24.6. The predicted molar refractivity (Wildman–Crippen MR) is 227 cm³/mol. The fourth-order valence-electron chi connectivity index (χ4n) is 8.74. The molecule has 0 radical (unpaired) electrons. The molecule has 2 N–H and O–H groups in total. The molecule has 2 aromatic rings. The second-order valence-corrected chi connectivity index (χ2v) is 18.3. The van der Waals surface area contributed by atoms with Gasteiger partial charge in [-0.3, -0.25) is 9.88 Å². The number of unbranched alkanes of at least 4 members (excludes halogenated alkanes) is 2. The number of aromatic nitrogens is 1. The lowest BCUT2D eigenvalue weighted by Gasteiger charge is -2.60. The van der Waals surface area contributed by atoms with Crippen molar-refractivity contribution in [3.63, 3.8) is 0 Å². The molecule has 6 atom stereocenters. The number of hydrogen-bond acceptors (Lipinski definition) is 10. The summed E-state index contributed by atoms with van der Waals surface area (Å²) in [7, 11) is 0. The number of carbonyl (C=O) groups is 1. The maximum atomic E-state index is 14.4. The van der Waals surface area contributed by atoms with Crippen LogP contribution < -0.4 is 9.47 Å². The molecule has 58 heavy (non-hydrogen) atoms. The summed E-state index contributed by atoms with van der Waals surface area (Å²) in [5, 5.41) is 24.7. The molecule has 11 heteroatoms. The van der Waals surface area contributed by atoms with E-state index in [1.54, 1.807) is 11.0 Å². The van der Waals surface area contributed by atoms with Crippen molar-refractivity contribution in [1.29, 1.82) is 0 Å². The standard InChI is InChI=1S/C47H69N3O8/c1-10-23-50(44(53)55-31-45(4,5)6)41-29-39(49-58-46(7,8)9)37-27-33(18-12-14-24-51)36(20-13-15-25-52)42-38-28-35(54-30-34-19-16-17-32(3)48-34)21-22-40(38)57-47(41,43(37)42)56-26-11-2/h11,16-17,19,21-22,27-28,33,36,41-43,51-52H,2,10,12-15,18,20,23-26,29-31H2,1,3-9H3. The summed E-state index contributed by atoms with van der Waals surface area (Å²) in [6.07, 6.45) is 9.42. The van der Waals surface area contributed by atoms with Gasteiger partial charge in [0.1, 0.15) is 29.7 Å². The number of benzene rings is 1. The minimum Gasteiger partial charge on any atom is -0.487 e. The van der Waals surface area contributed by atoms with Crippen molar-refractivity contribution in [2.24, 2.45) is 28.3 Å². The van der Waals surface area contributed by atoms with Crippen LogP contribution in [0.15, 0.2) is 65.9 Å². The molecule has 0 spiro atoms. The van der Waals surface area contributed by atoms with Crippen molar-refractivity contribution in [2.75, 3.05) is 33.0 Å². The smallest absolute Gasteiger partial charge is 0.410 e. The lowest BCUT2D eigenvalue weighted by Crippen LogP contribution is -2.70. The molecule has 1 amide bonds. The van der Waals surface area contributed by atoms with Crippen LogP contribution in [0, 0.1) is 30.1 Å². The Hall–Kier alpha value is -3.93. The van der Waals surface area contributed by atoms with Gasteiger partial charge in [-0.15, -0.1) is 6.58 Å². The van der Waals surface area contributed by atoms with E-state index in [1.165, 1.54) is 0 Å². The average molecular weight is 804 g/mol. The minimum atomic E-state index is -1.35. The molecule has 0 bridgehead atoms. The van der Waals surface area contributed by atoms with Crippen molar-refractivity contribution in [3.05, 3.63) is 77.7 Å². The summed E-state index contributed by atoms with van der Waals surface area (Å²) < 4.78 is 26.9. The van der Waals surface area contributed by atoms with Crippen LogP contribution in [0.2, 0.25) is 0 Å². The lowest BCUT2D eigenvalue weighted by molar-refractivity contribution is -0.255. The molecule has 1 saturated carbocycles. The van der Waals surface area contributed by atoms with Crippen LogP contribution in [-0.4, -0.2) is 82.3 Å². The first kappa shape index (κ1) is 45.2. The predicted octanol–water partition coefficient (Wildman–Crippen LogP) is 9.30. The third-order valence-corrected chi connectivity index (χ3v) is 11.1. The summed E-state index contributed by atoms with van der Waals surface area (Å²) in [4.78, 5) is 27.1. The number of allylic oxidation sites excluding steroid dienone is 1. The molecule has 1 aromatic carbocycles. The van der Waals surface area contributed by atoms with Crippen LogP contribution in [0.4, 0.5) is 4.79 Å². The number of nitrogens with zero attached hydrogens (tertiary/aromatic N) is 3. The zero-order valence-corrected chi connectivity index (χ0v) is 36.3. The van der Waals surface area contributed by atoms with Crippen molar-refractivity contribution >= 4 is 11.8 Å². The third kappa shape index (κ3) is 11.0. The van der Waals surface area contributed by atoms with Gasteiger partial charge >= 0.3 is 6.09 Å². The minimum absolute atomic E-state index is 0.0954. The van der Waals surface area contributed by atoms with Crippen LogP contribution in [0.1, 0.15) is 123 Å². The molecule has 1 fully saturated rings. The Morgan fingerprint density at radius 1 is 1.07 bits per heavy atom. The fourth-order valence-corrected chi connectivity index (χ4v) is 8.74. The monoisotopic (exact) mass is 804 g/mol. The van der Waals surface area contributed by atoms with Crippen LogP contribution in [0.25, 0.3) is 0 Å². The molecule has 3 aliphatic rings. The van der Waals surface area contributed by atoms with E-state index in [9.17, 15) is 15.0 Å². The zero-order chi connectivity index (χ0) is 42.1. The molecule has 11 nitrogen and oxygen atoms in total. The Bertz CT molecular complexity index is 1750. The van der Waals surface area contributed by atoms with Gasteiger partial charge in [0, 0.05) is 43.4 Å². The molecule has 6 unspecified atom stereocenters. The Labute approximate surface area is 346 Å². The summed E-state index contributed by atoms with van der Waals surface area (Å²) in [5.41, 5.74) is 3.69. The Balaban J connectivity index is 1.76. The lowest BCUT2D eigenvalue weighted by atomic mass is 9.55. The SMILES string of the molecule is C=CCOC12Oc3ccc(OCc4cccc(C)n4)cc3C3C(CCCCO)C(CCCCO)C=C(C(=NOC(C)(C)C)CC1N(CCC)C(=O)OCC(C)(C)C)C32. The number of fused-ring (bicyclic) bond motifs is 2. The summed E-state index contributed by atoms with van der Waals surface area (Å²) in [6, 6.07) is 11.3. The molecular formula is C47H69N3O8. The molecule has 0 saturated heterocycles. The first-order valence-corrected chi connectivity index (χ1v) is 21.4. The fraction of sp³-hybridized carbons (Fsp3) is 0.638. The number of oxime groups is 1. The highest BCUT2D eigenvalue weighted by Gasteiger charge is 2.65. The van der Waals surface area contributed by atoms with Crippen molar-refractivity contribution < 1.29 is 38.8 Å². The second-order valence-electron chi connectivity index (χ2n) is 18.3. The number of amides is 1. The molecule has 1 aliphatic heterocycles. The van der Waals surface area contributed by atoms with E-state index in [0.717, 1.165) is 53.9 Å². The van der Waals surface area contributed by atoms with Gasteiger partial charge in [-0.1, -0.05) is 63.9 Å². The maximum absolute atomic E-state index is 14.4. The van der Waals surface area contributed by atoms with Crippen molar-refractivity contribution in [3.8, 4) is 11.5 Å². The average Bonchev–Trinajstić information content (AvgIpc) is 3.17. The number of rotatable bonds is 19. The number of carbonyl (C=O) groups excluding carboxylic acids is 1. The second kappa shape index (κ2) is 19.9. The van der Waals surface area contributed by atoms with Gasteiger partial charge in [0.25, 0.3) is 0 Å². The summed E-state index contributed by atoms with van der Waals surface area (Å²) in [6.45, 7) is 21.5. The van der Waals surface area contributed by atoms with E-state index < -0.39 is 29.4 Å². The Morgan fingerprint density at radius 2 is 1.81 bits per heavy atom. The maximum Gasteiger partial charge on any atom is 0.410 e. The van der Waals surface area contributed by atoms with E-state index in [0.29, 0.717) is 50.3 Å². The van der Waals surface area contributed by atoms with Gasteiger partial charge in [-0.2, -0.15) is 0 Å². The quantitative estimate of drug-likeness (QED) is 0.0810. The van der Waals surface area contributed by atoms with Crippen LogP contribution in [-0.2, 0) is 20.9 Å². The third-order valence-electron chi connectivity index (χ3n) is 11.1. The zero-order valence-electron chi connectivity index (χ0n) is 36.3. The number of aryl methyl sites for hydroxylation is 1. The van der Waals surface area contributed by atoms with Gasteiger partial charge in [-0.05, 0) is 113 Å². The van der Waals surface area contributed by atoms with Crippen LogP contribution in [0.3, 0.4) is 0 Å². The van der Waals surface area contributed by atoms with E-state index in [2.05, 4.69) is 30.6 Å². The highest BCUT2D eigenvalue weighted by molar-refractivity contribution is 6.03. The van der Waals surface area contributed by atoms with E-state index in [4.69, 9.17) is 28.9 Å². The number of aliphatic hydroxyl groups is 2. The molecule has 5 rings (SSSR count). The van der Waals surface area contributed by atoms with Crippen molar-refractivity contribution in [2.45, 2.75) is 137 Å². The molecule has 1 aromatic heterocycles. The van der Waals surface area contributed by atoms with Gasteiger partial charge in [0.05, 0.1) is 30.5 Å². The first-order chi connectivity index (χ1) is 27.6. The first-order valence-electron chi connectivity index (χ1n) is 21.4. The molecule has 320 valence electrons. The van der Waals surface area contributed by atoms with Gasteiger partial charge in [0.2, 0.25) is 5.79 Å². The van der Waals surface area contributed by atoms with Gasteiger partial charge in [0.15, 0.2) is 0 Å². The topological polar surface area (TPSA) is 132 Å². The van der Waals surface area contributed by atoms with Crippen LogP contribution in [0.5, 0.6) is 11.5 Å². The highest BCUT2D eigenvalue weighted by atomic mass is 16.7. The van der Waals surface area contributed by atoms with E-state index in [-0.39, 0.29) is 49.6 Å². The number of pyridine rings is 1. The Morgan fingerprint density at radius 3 is 2.47 bits per heavy atom. The van der Waals surface area contributed by atoms with Gasteiger partial charge < -0.3 is 34.0 Å². The number of ether oxygens (including phenoxy) is 4. The Kier molecular flexibility index (Phi) is 15.5. The largest absolute Gasteiger partial charge is 0.487 e. The van der Waals surface area contributed by atoms with Crippen molar-refractivity contribution in [1.82, 2.24) is 9.88 Å². The number of hydrogen-bond donors (Lipinski definition) is 2.